The van der Waals surface area contributed by atoms with Crippen LogP contribution in [0.2, 0.25) is 10.0 Å². The third kappa shape index (κ3) is 4.43. The van der Waals surface area contributed by atoms with Gasteiger partial charge in [0.25, 0.3) is 5.91 Å². The molecule has 0 bridgehead atoms. The van der Waals surface area contributed by atoms with Crippen molar-refractivity contribution in [3.63, 3.8) is 0 Å². The Balaban J connectivity index is 1.79. The molecule has 1 heterocycles. The molecule has 142 valence electrons. The van der Waals surface area contributed by atoms with Gasteiger partial charge in [0.15, 0.2) is 0 Å². The molecule has 2 amide bonds. The molecule has 1 N–H and O–H groups in total. The molecule has 1 atom stereocenters. The average Bonchev–Trinajstić information content (AvgIpc) is 3.15. The van der Waals surface area contributed by atoms with Gasteiger partial charge in [-0.1, -0.05) is 41.4 Å². The highest BCUT2D eigenvalue weighted by molar-refractivity contribution is 6.35. The number of hydrogen-bond acceptors (Lipinski definition) is 3. The van der Waals surface area contributed by atoms with Gasteiger partial charge in [0.1, 0.15) is 6.04 Å². The van der Waals surface area contributed by atoms with E-state index in [2.05, 4.69) is 5.32 Å². The van der Waals surface area contributed by atoms with Crippen molar-refractivity contribution in [1.29, 1.82) is 0 Å². The number of rotatable bonds is 5. The predicted molar refractivity (Wildman–Crippen MR) is 106 cm³/mol. The van der Waals surface area contributed by atoms with Gasteiger partial charge < -0.3 is 15.0 Å². The smallest absolute Gasteiger partial charge is 0.256 e. The average molecular weight is 407 g/mol. The molecule has 1 aliphatic heterocycles. The van der Waals surface area contributed by atoms with E-state index in [1.54, 1.807) is 24.1 Å². The number of para-hydroxylation sites is 1. The summed E-state index contributed by atoms with van der Waals surface area (Å²) in [6.07, 6.45) is 1.35. The molecule has 0 aromatic heterocycles. The van der Waals surface area contributed by atoms with Crippen molar-refractivity contribution >= 4 is 40.7 Å². The number of anilines is 1. The van der Waals surface area contributed by atoms with Crippen LogP contribution in [0.5, 0.6) is 0 Å². The Hall–Kier alpha value is -2.08. The molecule has 0 radical (unpaired) electrons. The summed E-state index contributed by atoms with van der Waals surface area (Å²) in [5, 5.41) is 3.68. The number of nitrogens with one attached hydrogen (secondary N) is 1. The lowest BCUT2D eigenvalue weighted by molar-refractivity contribution is -0.119. The Bertz CT molecular complexity index is 857. The number of ether oxygens (including phenoxy) is 1. The van der Waals surface area contributed by atoms with Gasteiger partial charge in [0, 0.05) is 29.9 Å². The van der Waals surface area contributed by atoms with Gasteiger partial charge in [0.2, 0.25) is 5.91 Å². The Morgan fingerprint density at radius 2 is 2.00 bits per heavy atom. The lowest BCUT2D eigenvalue weighted by atomic mass is 10.1. The highest BCUT2D eigenvalue weighted by atomic mass is 35.5. The summed E-state index contributed by atoms with van der Waals surface area (Å²) in [7, 11) is 1.60. The maximum atomic E-state index is 12.9. The van der Waals surface area contributed by atoms with Gasteiger partial charge >= 0.3 is 0 Å². The van der Waals surface area contributed by atoms with E-state index < -0.39 is 6.04 Å². The van der Waals surface area contributed by atoms with Gasteiger partial charge in [-0.2, -0.15) is 0 Å². The van der Waals surface area contributed by atoms with Gasteiger partial charge in [-0.15, -0.1) is 0 Å². The van der Waals surface area contributed by atoms with Gasteiger partial charge in [-0.3, -0.25) is 9.59 Å². The van der Waals surface area contributed by atoms with Crippen LogP contribution in [0.3, 0.4) is 0 Å². The Kier molecular flexibility index (Phi) is 6.37. The number of likely N-dealkylation sites (tertiary alicyclic amines) is 1. The van der Waals surface area contributed by atoms with Crippen molar-refractivity contribution in [3.05, 3.63) is 63.6 Å². The Morgan fingerprint density at radius 3 is 2.78 bits per heavy atom. The van der Waals surface area contributed by atoms with E-state index >= 15 is 0 Å². The van der Waals surface area contributed by atoms with Gasteiger partial charge in [-0.05, 0) is 37.1 Å². The zero-order valence-electron chi connectivity index (χ0n) is 14.9. The molecule has 0 spiro atoms. The maximum absolute atomic E-state index is 12.9. The summed E-state index contributed by atoms with van der Waals surface area (Å²) in [5.74, 6) is -0.507. The third-order valence-corrected chi connectivity index (χ3v) is 5.11. The van der Waals surface area contributed by atoms with Crippen LogP contribution in [0.25, 0.3) is 0 Å². The summed E-state index contributed by atoms with van der Waals surface area (Å²) in [6, 6.07) is 11.6. The molecular formula is C20H20Cl2N2O3. The van der Waals surface area contributed by atoms with E-state index in [4.69, 9.17) is 27.9 Å². The highest BCUT2D eigenvalue weighted by Gasteiger charge is 2.35. The second-order valence-electron chi connectivity index (χ2n) is 6.36. The van der Waals surface area contributed by atoms with Gasteiger partial charge in [0.05, 0.1) is 17.2 Å². The fourth-order valence-corrected chi connectivity index (χ4v) is 3.61. The number of carbonyl (C=O) groups excluding carboxylic acids is 2. The molecule has 3 rings (SSSR count). The van der Waals surface area contributed by atoms with Crippen LogP contribution in [0.4, 0.5) is 5.69 Å². The van der Waals surface area contributed by atoms with E-state index in [0.29, 0.717) is 40.9 Å². The largest absolute Gasteiger partial charge is 0.380 e. The normalized spacial score (nSPS) is 16.4. The van der Waals surface area contributed by atoms with Crippen molar-refractivity contribution in [2.45, 2.75) is 25.5 Å². The second-order valence-corrected chi connectivity index (χ2v) is 7.20. The Morgan fingerprint density at radius 1 is 1.22 bits per heavy atom. The fraction of sp³-hybridized carbons (Fsp3) is 0.300. The Labute approximate surface area is 168 Å². The number of hydrogen-bond donors (Lipinski definition) is 1. The first-order valence-corrected chi connectivity index (χ1v) is 9.40. The minimum Gasteiger partial charge on any atom is -0.380 e. The predicted octanol–water partition coefficient (Wildman–Crippen LogP) is 4.38. The van der Waals surface area contributed by atoms with Crippen molar-refractivity contribution in [1.82, 2.24) is 4.90 Å². The van der Waals surface area contributed by atoms with Crippen LogP contribution < -0.4 is 5.32 Å². The molecule has 7 heteroatoms. The van der Waals surface area contributed by atoms with Crippen LogP contribution in [0, 0.1) is 0 Å². The molecule has 5 nitrogen and oxygen atoms in total. The number of halogens is 2. The van der Waals surface area contributed by atoms with Crippen molar-refractivity contribution < 1.29 is 14.3 Å². The van der Waals surface area contributed by atoms with Gasteiger partial charge in [-0.25, -0.2) is 0 Å². The fourth-order valence-electron chi connectivity index (χ4n) is 3.24. The van der Waals surface area contributed by atoms with E-state index in [0.717, 1.165) is 12.0 Å². The quantitative estimate of drug-likeness (QED) is 0.800. The summed E-state index contributed by atoms with van der Waals surface area (Å²) in [5.41, 5.74) is 1.87. The molecule has 1 unspecified atom stereocenters. The van der Waals surface area contributed by atoms with Crippen molar-refractivity contribution in [2.75, 3.05) is 19.0 Å². The number of methoxy groups -OCH3 is 1. The number of carbonyl (C=O) groups is 2. The SMILES string of the molecule is COCc1ccccc1NC(=O)C1CCCN1C(=O)c1cc(Cl)ccc1Cl. The summed E-state index contributed by atoms with van der Waals surface area (Å²) < 4.78 is 5.17. The first kappa shape index (κ1) is 19.7. The molecule has 0 saturated carbocycles. The first-order valence-electron chi connectivity index (χ1n) is 8.65. The molecular weight excluding hydrogens is 387 g/mol. The summed E-state index contributed by atoms with van der Waals surface area (Å²) in [4.78, 5) is 27.4. The van der Waals surface area contributed by atoms with Crippen molar-refractivity contribution in [2.24, 2.45) is 0 Å². The van der Waals surface area contributed by atoms with E-state index in [1.807, 2.05) is 24.3 Å². The lowest BCUT2D eigenvalue weighted by Crippen LogP contribution is -2.43. The molecule has 1 saturated heterocycles. The van der Waals surface area contributed by atoms with Crippen LogP contribution in [0.15, 0.2) is 42.5 Å². The monoisotopic (exact) mass is 406 g/mol. The first-order chi connectivity index (χ1) is 13.0. The molecule has 2 aromatic rings. The number of benzene rings is 2. The zero-order chi connectivity index (χ0) is 19.4. The molecule has 0 aliphatic carbocycles. The second kappa shape index (κ2) is 8.74. The van der Waals surface area contributed by atoms with Crippen LogP contribution >= 0.6 is 23.2 Å². The summed E-state index contributed by atoms with van der Waals surface area (Å²) >= 11 is 12.2. The van der Waals surface area contributed by atoms with Crippen molar-refractivity contribution in [3.8, 4) is 0 Å². The van der Waals surface area contributed by atoms with E-state index in [9.17, 15) is 9.59 Å². The standard InChI is InChI=1S/C20H20Cl2N2O3/c1-27-12-13-5-2-3-6-17(13)23-19(25)18-7-4-10-24(18)20(26)15-11-14(21)8-9-16(15)22/h2-3,5-6,8-9,11,18H,4,7,10,12H2,1H3,(H,23,25). The minimum absolute atomic E-state index is 0.220. The van der Waals surface area contributed by atoms with E-state index in [1.165, 1.54) is 6.07 Å². The number of amides is 2. The molecule has 1 aliphatic rings. The summed E-state index contributed by atoms with van der Waals surface area (Å²) in [6.45, 7) is 0.890. The molecule has 2 aromatic carbocycles. The lowest BCUT2D eigenvalue weighted by Gasteiger charge is -2.25. The van der Waals surface area contributed by atoms with Crippen LogP contribution in [-0.2, 0) is 16.1 Å². The minimum atomic E-state index is -0.553. The highest BCUT2D eigenvalue weighted by Crippen LogP contribution is 2.27. The van der Waals surface area contributed by atoms with Crippen LogP contribution in [-0.4, -0.2) is 36.4 Å². The molecule has 27 heavy (non-hydrogen) atoms. The topological polar surface area (TPSA) is 58.6 Å². The van der Waals surface area contributed by atoms with E-state index in [-0.39, 0.29) is 11.8 Å². The zero-order valence-corrected chi connectivity index (χ0v) is 16.4. The molecule has 1 fully saturated rings. The van der Waals surface area contributed by atoms with Crippen LogP contribution in [0.1, 0.15) is 28.8 Å². The maximum Gasteiger partial charge on any atom is 0.256 e. The third-order valence-electron chi connectivity index (χ3n) is 4.55. The number of nitrogens with zero attached hydrogens (tertiary/aromatic N) is 1.